The molecule has 11 aromatic rings. The Bertz CT molecular complexity index is 4570. The Kier molecular flexibility index (Phi) is 42.1. The zero-order chi connectivity index (χ0) is 93.3. The number of aromatic nitrogens is 15. The molecule has 11 aromatic heterocycles. The van der Waals surface area contributed by atoms with Gasteiger partial charge in [0.25, 0.3) is 0 Å². The second-order valence-corrected chi connectivity index (χ2v) is 42.4. The van der Waals surface area contributed by atoms with E-state index < -0.39 is 0 Å². The molecule has 121 heavy (non-hydrogen) atoms. The number of terminal acetylenes is 4. The molecule has 22 heteroatoms. The van der Waals surface area contributed by atoms with Gasteiger partial charge in [0.2, 0.25) is 11.8 Å². The number of nitrogens with zero attached hydrogens (tertiary/aromatic N) is 11. The highest BCUT2D eigenvalue weighted by molar-refractivity contribution is 7.12. The first kappa shape index (κ1) is 108. The van der Waals surface area contributed by atoms with Crippen molar-refractivity contribution in [1.82, 2.24) is 74.2 Å². The fraction of sp³-hybridized carbons (Fsp3) is 0.444. The highest BCUT2D eigenvalue weighted by atomic mass is 32.1. The Balaban J connectivity index is 0.000000665. The Labute approximate surface area is 743 Å². The normalized spacial score (nSPS) is 11.4. The summed E-state index contributed by atoms with van der Waals surface area (Å²) in [6.07, 6.45) is 43.6. The maximum Gasteiger partial charge on any atom is 0.218 e. The van der Waals surface area contributed by atoms with Crippen molar-refractivity contribution in [2.24, 2.45) is 0 Å². The summed E-state index contributed by atoms with van der Waals surface area (Å²) in [5.74, 6) is 14.2. The summed E-state index contributed by atoms with van der Waals surface area (Å²) in [5, 5.41) is 23.5. The lowest BCUT2D eigenvalue weighted by Crippen LogP contribution is -2.11. The van der Waals surface area contributed by atoms with Crippen LogP contribution >= 0.6 is 45.7 Å². The smallest absolute Gasteiger partial charge is 0.218 e. The van der Waals surface area contributed by atoms with Crippen molar-refractivity contribution >= 4 is 88.3 Å². The van der Waals surface area contributed by atoms with Crippen molar-refractivity contribution in [3.8, 4) is 49.4 Å². The summed E-state index contributed by atoms with van der Waals surface area (Å²) < 4.78 is 24.0. The minimum Gasteiger partial charge on any atom is -0.445 e. The molecular weight excluding hydrogens is 1580 g/mol. The quantitative estimate of drug-likeness (QED) is 0.108. The summed E-state index contributed by atoms with van der Waals surface area (Å²) in [4.78, 5) is 33.6. The van der Waals surface area contributed by atoms with Crippen LogP contribution in [0.3, 0.4) is 0 Å². The van der Waals surface area contributed by atoms with Gasteiger partial charge in [-0.15, -0.1) is 48.4 Å². The third kappa shape index (κ3) is 39.7. The van der Waals surface area contributed by atoms with Gasteiger partial charge in [0.05, 0.1) is 40.9 Å². The Morgan fingerprint density at radius 3 is 1.18 bits per heavy atom. The van der Waals surface area contributed by atoms with E-state index in [1.807, 2.05) is 24.4 Å². The highest BCUT2D eigenvalue weighted by Crippen LogP contribution is 2.32. The second kappa shape index (κ2) is 47.0. The number of aromatic amines is 4. The molecule has 0 fully saturated rings. The molecule has 0 radical (unpaired) electrons. The zero-order valence-electron chi connectivity index (χ0n) is 78.9. The van der Waals surface area contributed by atoms with Gasteiger partial charge < -0.3 is 23.3 Å². The molecule has 11 rings (SSSR count). The molecule has 0 spiro atoms. The predicted octanol–water partition coefficient (Wildman–Crippen LogP) is 26.9. The minimum atomic E-state index is 0.0360. The van der Waals surface area contributed by atoms with E-state index in [0.717, 1.165) is 84.0 Å². The number of rotatable bonds is 7. The van der Waals surface area contributed by atoms with E-state index in [2.05, 4.69) is 389 Å². The molecule has 0 aliphatic carbocycles. The highest BCUT2D eigenvalue weighted by Gasteiger charge is 2.25. The van der Waals surface area contributed by atoms with Gasteiger partial charge in [0, 0.05) is 100 Å². The molecule has 0 bridgehead atoms. The zero-order valence-corrected chi connectivity index (χ0v) is 82.2. The first-order valence-corrected chi connectivity index (χ1v) is 42.9. The summed E-state index contributed by atoms with van der Waals surface area (Å²) >= 11 is 6.41. The van der Waals surface area contributed by atoms with E-state index in [-0.39, 0.29) is 59.6 Å². The molecule has 0 aromatic carbocycles. The number of oxazole rings is 2. The SMILES string of the molecule is C#Cc1[nH]ncc1C(C)(C)C.C#Cc1cc(C(C)(C)C)n[nH]1.C#Cc1ncc(C(C)(C)C)[nH]1.C#Cc1ncc(C(C)(C)C)[nH]1.C=Cc1cc(C(C)(C)C)on1.C=Cc1cc(C(C)(C)C)sn1.C=Cc1nc(C(C)(C)C)co1.C=Cc1nc(C(C)(C)C)cs1.C=Cc1ncc(C(C)(C)C)o1.C=Cc1ncc(C(C)(C)C)s1.C=Cc1nscc1C(C)(C)C. The standard InChI is InChI=1S/4C9H12N2.3C9H13NO.4C9H13NS/c2*1-5-8-10-6-7(11-8)9(2,3)4;1-5-8-7(6-10-11-8)9(2,3)4;1-5-7-6-8(11-10-7)9(2,3)4;1-5-8-10-7(6-11-8)9(2,3)4;1-5-8-10-6-7(11-8)9(2,3)4;1-5-7-6-8(11-10-7)9(2,3)4;1-5-8-10-7(6-11-8)9(2,3)4;1-5-8-10-6-7(11-8)9(2,3)4;1-5-8-7(6-11-10-8)9(2,3)4;1-5-7-6-8(11-10-7)9(2,3)4/h4*1,6H,2-4H3,(H,10,11);7*5-6H,1H2,2-4H3. The lowest BCUT2D eigenvalue weighted by atomic mass is 9.87. The Morgan fingerprint density at radius 2 is 0.917 bits per heavy atom. The van der Waals surface area contributed by atoms with Gasteiger partial charge in [-0.1, -0.05) is 292 Å². The van der Waals surface area contributed by atoms with E-state index >= 15 is 0 Å². The number of hydrogen-bond donors (Lipinski definition) is 4. The summed E-state index contributed by atoms with van der Waals surface area (Å²) in [6, 6.07) is 5.91. The van der Waals surface area contributed by atoms with Crippen molar-refractivity contribution in [1.29, 1.82) is 0 Å². The van der Waals surface area contributed by atoms with Crippen molar-refractivity contribution < 1.29 is 13.4 Å². The van der Waals surface area contributed by atoms with Crippen molar-refractivity contribution in [2.45, 2.75) is 288 Å². The fourth-order valence-electron chi connectivity index (χ4n) is 8.64. The van der Waals surface area contributed by atoms with Crippen LogP contribution in [0.25, 0.3) is 42.5 Å². The molecule has 11 heterocycles. The topological polar surface area (TPSA) is 244 Å². The molecule has 4 N–H and O–H groups in total. The molecule has 0 saturated heterocycles. The molecule has 0 amide bonds. The molecular formula is C99H139N15O3S4. The third-order valence-corrected chi connectivity index (χ3v) is 20.6. The maximum atomic E-state index is 5.37. The monoisotopic (exact) mass is 1710 g/mol. The van der Waals surface area contributed by atoms with Crippen LogP contribution in [-0.2, 0) is 59.6 Å². The van der Waals surface area contributed by atoms with E-state index in [1.165, 1.54) is 26.9 Å². The van der Waals surface area contributed by atoms with Crippen LogP contribution in [-0.4, -0.2) is 74.2 Å². The third-order valence-electron chi connectivity index (χ3n) is 16.5. The largest absolute Gasteiger partial charge is 0.445 e. The number of hydrogen-bond acceptors (Lipinski definition) is 18. The average Bonchev–Trinajstić information content (AvgIpc) is 1.76. The van der Waals surface area contributed by atoms with Crippen molar-refractivity contribution in [3.05, 3.63) is 235 Å². The molecule has 0 aliphatic heterocycles. The molecule has 0 saturated carbocycles. The van der Waals surface area contributed by atoms with Gasteiger partial charge in [0.1, 0.15) is 44.9 Å². The van der Waals surface area contributed by atoms with Crippen molar-refractivity contribution in [2.75, 3.05) is 0 Å². The predicted molar refractivity (Wildman–Crippen MR) is 520 cm³/mol. The summed E-state index contributed by atoms with van der Waals surface area (Å²) in [6.45, 7) is 95.7. The average molecular weight is 1720 g/mol. The van der Waals surface area contributed by atoms with Crippen LogP contribution in [0.4, 0.5) is 0 Å². The van der Waals surface area contributed by atoms with E-state index in [4.69, 9.17) is 39.1 Å². The van der Waals surface area contributed by atoms with Crippen LogP contribution in [0.1, 0.15) is 351 Å². The maximum absolute atomic E-state index is 5.37. The van der Waals surface area contributed by atoms with E-state index in [0.29, 0.717) is 23.4 Å². The van der Waals surface area contributed by atoms with Gasteiger partial charge in [-0.05, 0) is 117 Å². The van der Waals surface area contributed by atoms with Crippen LogP contribution in [0.5, 0.6) is 0 Å². The van der Waals surface area contributed by atoms with Crippen LogP contribution in [0.2, 0.25) is 0 Å². The van der Waals surface area contributed by atoms with Gasteiger partial charge in [-0.2, -0.15) is 18.9 Å². The minimum absolute atomic E-state index is 0.0360. The molecule has 0 atom stereocenters. The van der Waals surface area contributed by atoms with Gasteiger partial charge in [-0.3, -0.25) is 10.2 Å². The lowest BCUT2D eigenvalue weighted by Gasteiger charge is -2.16. The molecule has 652 valence electrons. The van der Waals surface area contributed by atoms with E-state index in [1.54, 1.807) is 102 Å². The van der Waals surface area contributed by atoms with Crippen LogP contribution in [0.15, 0.2) is 126 Å². The molecule has 0 aliphatic rings. The fourth-order valence-corrected chi connectivity index (χ4v) is 12.0. The first-order valence-electron chi connectivity index (χ1n) is 39.6. The number of H-pyrrole nitrogens is 4. The Hall–Kier alpha value is -10.6. The number of imidazole rings is 2. The summed E-state index contributed by atoms with van der Waals surface area (Å²) in [7, 11) is 0. The molecule has 18 nitrogen and oxygen atoms in total. The second-order valence-electron chi connectivity index (χ2n) is 39.0. The van der Waals surface area contributed by atoms with Gasteiger partial charge in [0.15, 0.2) is 11.6 Å². The van der Waals surface area contributed by atoms with Gasteiger partial charge in [-0.25, -0.2) is 29.9 Å². The molecule has 0 unspecified atom stereocenters. The number of nitrogens with one attached hydrogen (secondary N) is 4. The lowest BCUT2D eigenvalue weighted by molar-refractivity contribution is 0.328. The van der Waals surface area contributed by atoms with Gasteiger partial charge >= 0.3 is 0 Å². The van der Waals surface area contributed by atoms with Crippen molar-refractivity contribution in [3.63, 3.8) is 0 Å². The number of thiazole rings is 2. The summed E-state index contributed by atoms with van der Waals surface area (Å²) in [5.41, 5.74) is 13.3. The van der Waals surface area contributed by atoms with E-state index in [9.17, 15) is 0 Å². The van der Waals surface area contributed by atoms with Crippen LogP contribution < -0.4 is 0 Å². The Morgan fingerprint density at radius 1 is 0.405 bits per heavy atom. The van der Waals surface area contributed by atoms with Crippen LogP contribution in [0, 0.1) is 49.4 Å². The first-order chi connectivity index (χ1) is 55.4.